The molecule has 0 atom stereocenters. The van der Waals surface area contributed by atoms with E-state index in [0.717, 1.165) is 55.1 Å². The zero-order valence-electron chi connectivity index (χ0n) is 15.9. The van der Waals surface area contributed by atoms with Crippen LogP contribution in [0.4, 0.5) is 21.9 Å². The zero-order chi connectivity index (χ0) is 18.5. The maximum Gasteiger partial charge on any atom is 0.323 e. The van der Waals surface area contributed by atoms with Crippen LogP contribution in [-0.4, -0.2) is 44.2 Å². The summed E-state index contributed by atoms with van der Waals surface area (Å²) in [6.45, 7) is 8.35. The molecule has 1 saturated heterocycles. The van der Waals surface area contributed by atoms with Crippen molar-refractivity contribution in [3.05, 3.63) is 53.6 Å². The third-order valence-corrected chi connectivity index (χ3v) is 4.97. The molecule has 5 nitrogen and oxygen atoms in total. The van der Waals surface area contributed by atoms with E-state index < -0.39 is 0 Å². The second kappa shape index (κ2) is 8.23. The van der Waals surface area contributed by atoms with Crippen molar-refractivity contribution in [1.82, 2.24) is 4.90 Å². The predicted molar refractivity (Wildman–Crippen MR) is 109 cm³/mol. The van der Waals surface area contributed by atoms with Crippen molar-refractivity contribution < 1.29 is 4.79 Å². The quantitative estimate of drug-likeness (QED) is 0.876. The lowest BCUT2D eigenvalue weighted by Crippen LogP contribution is -2.44. The maximum absolute atomic E-state index is 12.4. The van der Waals surface area contributed by atoms with E-state index in [-0.39, 0.29) is 6.03 Å². The first-order valence-corrected chi connectivity index (χ1v) is 9.27. The summed E-state index contributed by atoms with van der Waals surface area (Å²) >= 11 is 0. The molecule has 1 heterocycles. The minimum atomic E-state index is -0.207. The topological polar surface area (TPSA) is 47.6 Å². The number of urea groups is 1. The van der Waals surface area contributed by atoms with Crippen LogP contribution in [0.2, 0.25) is 0 Å². The fourth-order valence-electron chi connectivity index (χ4n) is 3.30. The van der Waals surface area contributed by atoms with Gasteiger partial charge in [0.15, 0.2) is 0 Å². The van der Waals surface area contributed by atoms with Gasteiger partial charge in [0.25, 0.3) is 0 Å². The van der Waals surface area contributed by atoms with Gasteiger partial charge >= 0.3 is 6.03 Å². The Morgan fingerprint density at radius 3 is 2.35 bits per heavy atom. The summed E-state index contributed by atoms with van der Waals surface area (Å²) in [4.78, 5) is 17.1. The van der Waals surface area contributed by atoms with Crippen molar-refractivity contribution in [3.63, 3.8) is 0 Å². The Morgan fingerprint density at radius 1 is 1.00 bits per heavy atom. The lowest BCUT2D eigenvalue weighted by atomic mass is 10.1. The van der Waals surface area contributed by atoms with E-state index in [9.17, 15) is 4.79 Å². The normalized spacial score (nSPS) is 15.0. The van der Waals surface area contributed by atoms with Gasteiger partial charge in [0.1, 0.15) is 0 Å². The molecule has 2 aromatic rings. The maximum atomic E-state index is 12.4. The fraction of sp³-hybridized carbons (Fsp3) is 0.381. The highest BCUT2D eigenvalue weighted by Crippen LogP contribution is 2.22. The number of anilines is 3. The van der Waals surface area contributed by atoms with Gasteiger partial charge in [-0.2, -0.15) is 0 Å². The number of carbonyl (C=O) groups excluding carboxylic acids is 1. The summed E-state index contributed by atoms with van der Waals surface area (Å²) in [5.74, 6) is 0. The molecular formula is C21H28N4O. The molecule has 138 valence electrons. The van der Waals surface area contributed by atoms with Crippen LogP contribution in [0.1, 0.15) is 18.1 Å². The highest BCUT2D eigenvalue weighted by atomic mass is 16.2. The van der Waals surface area contributed by atoms with Crippen LogP contribution in [-0.2, 0) is 6.42 Å². The van der Waals surface area contributed by atoms with E-state index in [1.807, 2.05) is 37.3 Å². The fourth-order valence-corrected chi connectivity index (χ4v) is 3.30. The van der Waals surface area contributed by atoms with E-state index in [0.29, 0.717) is 0 Å². The first-order valence-electron chi connectivity index (χ1n) is 9.27. The van der Waals surface area contributed by atoms with Crippen molar-refractivity contribution in [3.8, 4) is 0 Å². The van der Waals surface area contributed by atoms with Gasteiger partial charge in [-0.1, -0.05) is 25.1 Å². The Kier molecular flexibility index (Phi) is 5.78. The van der Waals surface area contributed by atoms with E-state index in [2.05, 4.69) is 46.5 Å². The second-order valence-electron chi connectivity index (χ2n) is 6.88. The Morgan fingerprint density at radius 2 is 1.69 bits per heavy atom. The summed E-state index contributed by atoms with van der Waals surface area (Å²) in [6.07, 6.45) is 0.886. The molecule has 0 bridgehead atoms. The lowest BCUT2D eigenvalue weighted by Gasteiger charge is -2.34. The number of para-hydroxylation sites is 1. The molecule has 0 aromatic heterocycles. The van der Waals surface area contributed by atoms with Gasteiger partial charge in [0.05, 0.1) is 0 Å². The Bertz CT molecular complexity index is 749. The second-order valence-corrected chi connectivity index (χ2v) is 6.88. The van der Waals surface area contributed by atoms with E-state index in [1.165, 1.54) is 5.69 Å². The standard InChI is InChI=1S/C21H28N4O/c1-4-17-7-5-6-16(2)20(17)23-21(26)22-18-8-10-19(11-9-18)25-14-12-24(3)13-15-25/h5-11H,4,12-15H2,1-3H3,(H2,22,23,26). The number of likely N-dealkylation sites (N-methyl/N-ethyl adjacent to an activating group) is 1. The first-order chi connectivity index (χ1) is 12.6. The molecule has 0 unspecified atom stereocenters. The molecule has 5 heteroatoms. The molecule has 1 aliphatic rings. The summed E-state index contributed by atoms with van der Waals surface area (Å²) in [5.41, 5.74) is 5.13. The molecular weight excluding hydrogens is 324 g/mol. The van der Waals surface area contributed by atoms with E-state index in [1.54, 1.807) is 0 Å². The summed E-state index contributed by atoms with van der Waals surface area (Å²) in [5, 5.41) is 5.92. The van der Waals surface area contributed by atoms with Crippen molar-refractivity contribution >= 4 is 23.1 Å². The Hall–Kier alpha value is -2.53. The molecule has 2 N–H and O–H groups in total. The van der Waals surface area contributed by atoms with Gasteiger partial charge < -0.3 is 20.4 Å². The Labute approximate surface area is 156 Å². The van der Waals surface area contributed by atoms with Crippen molar-refractivity contribution in [2.75, 3.05) is 48.8 Å². The van der Waals surface area contributed by atoms with Crippen LogP contribution in [0.25, 0.3) is 0 Å². The van der Waals surface area contributed by atoms with Gasteiger partial charge in [-0.05, 0) is 55.8 Å². The average Bonchev–Trinajstić information content (AvgIpc) is 2.65. The lowest BCUT2D eigenvalue weighted by molar-refractivity contribution is 0.262. The number of rotatable bonds is 4. The number of benzene rings is 2. The molecule has 2 amide bonds. The number of nitrogens with zero attached hydrogens (tertiary/aromatic N) is 2. The van der Waals surface area contributed by atoms with E-state index >= 15 is 0 Å². The molecule has 3 rings (SSSR count). The third-order valence-electron chi connectivity index (χ3n) is 4.97. The predicted octanol–water partition coefficient (Wildman–Crippen LogP) is 3.95. The van der Waals surface area contributed by atoms with Gasteiger partial charge in [-0.3, -0.25) is 0 Å². The van der Waals surface area contributed by atoms with Crippen molar-refractivity contribution in [1.29, 1.82) is 0 Å². The number of hydrogen-bond donors (Lipinski definition) is 2. The van der Waals surface area contributed by atoms with Crippen LogP contribution in [0.5, 0.6) is 0 Å². The number of nitrogens with one attached hydrogen (secondary N) is 2. The van der Waals surface area contributed by atoms with Gasteiger partial charge in [-0.15, -0.1) is 0 Å². The highest BCUT2D eigenvalue weighted by Gasteiger charge is 2.14. The molecule has 0 aliphatic carbocycles. The monoisotopic (exact) mass is 352 g/mol. The molecule has 0 radical (unpaired) electrons. The van der Waals surface area contributed by atoms with Crippen molar-refractivity contribution in [2.45, 2.75) is 20.3 Å². The van der Waals surface area contributed by atoms with Gasteiger partial charge in [0.2, 0.25) is 0 Å². The zero-order valence-corrected chi connectivity index (χ0v) is 15.9. The third kappa shape index (κ3) is 4.35. The molecule has 26 heavy (non-hydrogen) atoms. The van der Waals surface area contributed by atoms with Crippen LogP contribution in [0, 0.1) is 6.92 Å². The molecule has 0 spiro atoms. The SMILES string of the molecule is CCc1cccc(C)c1NC(=O)Nc1ccc(N2CCN(C)CC2)cc1. The minimum Gasteiger partial charge on any atom is -0.369 e. The van der Waals surface area contributed by atoms with Gasteiger partial charge in [0, 0.05) is 43.2 Å². The average molecular weight is 352 g/mol. The number of piperazine rings is 1. The summed E-state index contributed by atoms with van der Waals surface area (Å²) < 4.78 is 0. The molecule has 2 aromatic carbocycles. The summed E-state index contributed by atoms with van der Waals surface area (Å²) in [7, 11) is 2.15. The molecule has 1 fully saturated rings. The Balaban J connectivity index is 1.61. The van der Waals surface area contributed by atoms with Crippen LogP contribution in [0.3, 0.4) is 0 Å². The number of aryl methyl sites for hydroxylation is 2. The summed E-state index contributed by atoms with van der Waals surface area (Å²) in [6, 6.07) is 14.0. The first kappa shape index (κ1) is 18.3. The smallest absolute Gasteiger partial charge is 0.323 e. The number of carbonyl (C=O) groups is 1. The number of amides is 2. The van der Waals surface area contributed by atoms with Crippen molar-refractivity contribution in [2.24, 2.45) is 0 Å². The molecule has 1 aliphatic heterocycles. The minimum absolute atomic E-state index is 0.207. The number of hydrogen-bond acceptors (Lipinski definition) is 3. The molecule has 0 saturated carbocycles. The van der Waals surface area contributed by atoms with Crippen LogP contribution >= 0.6 is 0 Å². The van der Waals surface area contributed by atoms with E-state index in [4.69, 9.17) is 0 Å². The highest BCUT2D eigenvalue weighted by molar-refractivity contribution is 6.00. The van der Waals surface area contributed by atoms with Crippen LogP contribution in [0.15, 0.2) is 42.5 Å². The van der Waals surface area contributed by atoms with Crippen LogP contribution < -0.4 is 15.5 Å². The largest absolute Gasteiger partial charge is 0.369 e. The van der Waals surface area contributed by atoms with Gasteiger partial charge in [-0.25, -0.2) is 4.79 Å².